The van der Waals surface area contributed by atoms with E-state index in [1.165, 1.54) is 0 Å². The van der Waals surface area contributed by atoms with E-state index in [1.54, 1.807) is 0 Å². The monoisotopic (exact) mass is 239 g/mol. The van der Waals surface area contributed by atoms with E-state index in [0.717, 1.165) is 6.54 Å². The van der Waals surface area contributed by atoms with Crippen LogP contribution in [-0.4, -0.2) is 24.0 Å². The molecule has 4 nitrogen and oxygen atoms in total. The number of carbonyl (C=O) groups is 1. The summed E-state index contributed by atoms with van der Waals surface area (Å²) in [6, 6.07) is 0. The Morgan fingerprint density at radius 1 is 1.12 bits per heavy atom. The van der Waals surface area contributed by atoms with Crippen molar-refractivity contribution in [3.63, 3.8) is 0 Å². The van der Waals surface area contributed by atoms with Crippen LogP contribution in [0, 0.1) is 17.8 Å². The lowest BCUT2D eigenvalue weighted by atomic mass is 9.77. The van der Waals surface area contributed by atoms with Gasteiger partial charge in [-0.05, 0) is 17.8 Å². The highest BCUT2D eigenvalue weighted by Crippen LogP contribution is 2.29. The Labute approximate surface area is 104 Å². The summed E-state index contributed by atoms with van der Waals surface area (Å²) in [5, 5.41) is 6.16. The van der Waals surface area contributed by atoms with Gasteiger partial charge in [0.2, 0.25) is 0 Å². The molecule has 2 N–H and O–H groups in total. The van der Waals surface area contributed by atoms with Crippen LogP contribution in [0.25, 0.3) is 0 Å². The number of guanidine groups is 1. The van der Waals surface area contributed by atoms with E-state index in [-0.39, 0.29) is 17.7 Å². The fourth-order valence-electron chi connectivity index (χ4n) is 2.33. The third-order valence-corrected chi connectivity index (χ3v) is 3.37. The van der Waals surface area contributed by atoms with Crippen LogP contribution in [0.3, 0.4) is 0 Å². The lowest BCUT2D eigenvalue weighted by molar-refractivity contribution is -0.127. The summed E-state index contributed by atoms with van der Waals surface area (Å²) >= 11 is 0. The molecule has 0 unspecified atom stereocenters. The minimum Gasteiger partial charge on any atom is -0.341 e. The summed E-state index contributed by atoms with van der Waals surface area (Å²) in [6.07, 6.45) is 0. The summed E-state index contributed by atoms with van der Waals surface area (Å²) in [4.78, 5) is 16.6. The van der Waals surface area contributed by atoms with E-state index >= 15 is 0 Å². The van der Waals surface area contributed by atoms with Crippen molar-refractivity contribution in [3.8, 4) is 0 Å². The van der Waals surface area contributed by atoms with Gasteiger partial charge in [-0.2, -0.15) is 0 Å². The van der Waals surface area contributed by atoms with Crippen molar-refractivity contribution in [2.24, 2.45) is 22.7 Å². The van der Waals surface area contributed by atoms with Crippen LogP contribution >= 0.6 is 0 Å². The first kappa shape index (κ1) is 14.0. The van der Waals surface area contributed by atoms with Gasteiger partial charge in [-0.1, -0.05) is 41.5 Å². The largest absolute Gasteiger partial charge is 0.341 e. The number of aliphatic imine (C=N–C) groups is 1. The van der Waals surface area contributed by atoms with Crippen molar-refractivity contribution in [1.29, 1.82) is 0 Å². The number of carbonyl (C=O) groups excluding carboxylic acids is 1. The minimum absolute atomic E-state index is 0.0463. The molecular weight excluding hydrogens is 214 g/mol. The Morgan fingerprint density at radius 3 is 2.00 bits per heavy atom. The molecule has 17 heavy (non-hydrogen) atoms. The molecule has 0 aromatic heterocycles. The second-order valence-corrected chi connectivity index (χ2v) is 5.84. The predicted octanol–water partition coefficient (Wildman–Crippen LogP) is 1.77. The van der Waals surface area contributed by atoms with Crippen LogP contribution in [0.15, 0.2) is 4.99 Å². The standard InChI is InChI=1S/C13H25N3O/c1-8(2)7-14-12-15-11(17)13(16-12,9(3)4)10(5)6/h8-10H,7H2,1-6H3,(H2,14,15,16,17). The predicted molar refractivity (Wildman–Crippen MR) is 70.8 cm³/mol. The summed E-state index contributed by atoms with van der Waals surface area (Å²) in [5.41, 5.74) is -0.518. The first-order valence-electron chi connectivity index (χ1n) is 6.44. The zero-order valence-electron chi connectivity index (χ0n) is 11.8. The Kier molecular flexibility index (Phi) is 4.17. The van der Waals surface area contributed by atoms with Crippen LogP contribution in [0.4, 0.5) is 0 Å². The van der Waals surface area contributed by atoms with Crippen molar-refractivity contribution in [3.05, 3.63) is 0 Å². The molecule has 4 heteroatoms. The van der Waals surface area contributed by atoms with Crippen LogP contribution in [0.5, 0.6) is 0 Å². The third-order valence-electron chi connectivity index (χ3n) is 3.37. The molecule has 1 aliphatic heterocycles. The molecule has 0 spiro atoms. The number of rotatable bonds is 4. The van der Waals surface area contributed by atoms with E-state index in [4.69, 9.17) is 0 Å². The van der Waals surface area contributed by atoms with Gasteiger partial charge < -0.3 is 5.32 Å². The van der Waals surface area contributed by atoms with E-state index in [1.807, 2.05) is 0 Å². The van der Waals surface area contributed by atoms with Crippen molar-refractivity contribution in [2.75, 3.05) is 6.54 Å². The molecule has 0 aromatic rings. The molecule has 1 aliphatic rings. The Balaban J connectivity index is 2.91. The van der Waals surface area contributed by atoms with E-state index in [2.05, 4.69) is 57.2 Å². The summed E-state index contributed by atoms with van der Waals surface area (Å²) in [5.74, 6) is 1.63. The molecule has 1 amide bonds. The average molecular weight is 239 g/mol. The van der Waals surface area contributed by atoms with Gasteiger partial charge in [0.05, 0.1) is 0 Å². The number of hydrogen-bond donors (Lipinski definition) is 2. The van der Waals surface area contributed by atoms with Crippen LogP contribution in [0.2, 0.25) is 0 Å². The highest BCUT2D eigenvalue weighted by Gasteiger charge is 2.49. The summed E-state index contributed by atoms with van der Waals surface area (Å²) < 4.78 is 0. The van der Waals surface area contributed by atoms with Crippen LogP contribution in [-0.2, 0) is 4.79 Å². The quantitative estimate of drug-likeness (QED) is 0.785. The molecule has 1 rings (SSSR count). The molecule has 0 radical (unpaired) electrons. The highest BCUT2D eigenvalue weighted by atomic mass is 16.2. The molecule has 1 saturated heterocycles. The lowest BCUT2D eigenvalue weighted by Gasteiger charge is -2.34. The maximum atomic E-state index is 12.2. The Hall–Kier alpha value is -1.06. The van der Waals surface area contributed by atoms with E-state index in [9.17, 15) is 4.79 Å². The topological polar surface area (TPSA) is 53.5 Å². The number of hydrogen-bond acceptors (Lipinski definition) is 2. The molecule has 1 heterocycles. The van der Waals surface area contributed by atoms with Gasteiger partial charge in [0.1, 0.15) is 5.54 Å². The molecule has 98 valence electrons. The second-order valence-electron chi connectivity index (χ2n) is 5.84. The fourth-order valence-corrected chi connectivity index (χ4v) is 2.33. The second kappa shape index (κ2) is 5.07. The van der Waals surface area contributed by atoms with Crippen molar-refractivity contribution in [2.45, 2.75) is 47.1 Å². The maximum absolute atomic E-state index is 12.2. The van der Waals surface area contributed by atoms with Crippen LogP contribution < -0.4 is 10.6 Å². The first-order chi connectivity index (χ1) is 7.80. The summed E-state index contributed by atoms with van der Waals surface area (Å²) in [7, 11) is 0. The molecule has 0 bridgehead atoms. The van der Waals surface area contributed by atoms with Crippen molar-refractivity contribution >= 4 is 11.9 Å². The number of nitrogens with zero attached hydrogens (tertiary/aromatic N) is 1. The van der Waals surface area contributed by atoms with Gasteiger partial charge in [0.15, 0.2) is 5.96 Å². The van der Waals surface area contributed by atoms with Crippen molar-refractivity contribution < 1.29 is 4.79 Å². The zero-order chi connectivity index (χ0) is 13.2. The summed E-state index contributed by atoms with van der Waals surface area (Å²) in [6.45, 7) is 13.2. The number of nitrogens with one attached hydrogen (secondary N) is 2. The average Bonchev–Trinajstić information content (AvgIpc) is 2.53. The van der Waals surface area contributed by atoms with Gasteiger partial charge in [0.25, 0.3) is 5.91 Å². The Bertz CT molecular complexity index is 311. The zero-order valence-corrected chi connectivity index (χ0v) is 11.8. The van der Waals surface area contributed by atoms with Gasteiger partial charge in [-0.3, -0.25) is 15.1 Å². The SMILES string of the molecule is CC(C)CN=C1NC(=O)C(C(C)C)(C(C)C)N1. The van der Waals surface area contributed by atoms with Gasteiger partial charge in [-0.15, -0.1) is 0 Å². The van der Waals surface area contributed by atoms with Gasteiger partial charge >= 0.3 is 0 Å². The van der Waals surface area contributed by atoms with Gasteiger partial charge in [0, 0.05) is 6.54 Å². The molecule has 0 aromatic carbocycles. The first-order valence-corrected chi connectivity index (χ1v) is 6.44. The van der Waals surface area contributed by atoms with Crippen LogP contribution in [0.1, 0.15) is 41.5 Å². The third kappa shape index (κ3) is 2.61. The highest BCUT2D eigenvalue weighted by molar-refractivity contribution is 6.09. The van der Waals surface area contributed by atoms with E-state index in [0.29, 0.717) is 11.9 Å². The fraction of sp³-hybridized carbons (Fsp3) is 0.846. The molecular formula is C13H25N3O. The van der Waals surface area contributed by atoms with Gasteiger partial charge in [-0.25, -0.2) is 0 Å². The molecule has 0 saturated carbocycles. The molecule has 1 fully saturated rings. The van der Waals surface area contributed by atoms with E-state index < -0.39 is 5.54 Å². The minimum atomic E-state index is -0.518. The van der Waals surface area contributed by atoms with Crippen molar-refractivity contribution in [1.82, 2.24) is 10.6 Å². The molecule has 0 aliphatic carbocycles. The maximum Gasteiger partial charge on any atom is 0.252 e. The lowest BCUT2D eigenvalue weighted by Crippen LogP contribution is -2.55. The normalized spacial score (nSPS) is 21.5. The number of amides is 1. The smallest absolute Gasteiger partial charge is 0.252 e. The molecule has 0 atom stereocenters. The Morgan fingerprint density at radius 2 is 1.65 bits per heavy atom.